The van der Waals surface area contributed by atoms with E-state index in [1.807, 2.05) is 18.2 Å². The lowest BCUT2D eigenvalue weighted by atomic mass is 9.94. The topological polar surface area (TPSA) is 55.6 Å². The summed E-state index contributed by atoms with van der Waals surface area (Å²) in [4.78, 5) is 14.1. The highest BCUT2D eigenvalue weighted by atomic mass is 16.5. The molecule has 0 aromatic heterocycles. The van der Waals surface area contributed by atoms with Gasteiger partial charge in [0.05, 0.1) is 13.2 Å². The molecule has 2 aromatic rings. The van der Waals surface area contributed by atoms with E-state index in [2.05, 4.69) is 30.0 Å². The number of carbonyl (C=O) groups excluding carboxylic acids is 1. The molecule has 1 fully saturated rings. The summed E-state index contributed by atoms with van der Waals surface area (Å²) in [6.07, 6.45) is 0. The molecular weight excluding hydrogens is 288 g/mol. The molecule has 1 aliphatic rings. The molecule has 2 N–H and O–H groups in total. The zero-order valence-electron chi connectivity index (χ0n) is 13.4. The van der Waals surface area contributed by atoms with E-state index in [1.165, 1.54) is 5.56 Å². The van der Waals surface area contributed by atoms with Gasteiger partial charge in [-0.25, -0.2) is 0 Å². The SMILES string of the molecule is Cc1ccc(CN2CCOCC2)cc1-c1ccccc1C(N)=O. The number of rotatable bonds is 4. The summed E-state index contributed by atoms with van der Waals surface area (Å²) < 4.78 is 5.40. The molecule has 0 unspecified atom stereocenters. The molecule has 0 atom stereocenters. The summed E-state index contributed by atoms with van der Waals surface area (Å²) in [7, 11) is 0. The monoisotopic (exact) mass is 310 g/mol. The van der Waals surface area contributed by atoms with Crippen molar-refractivity contribution in [3.8, 4) is 11.1 Å². The fourth-order valence-electron chi connectivity index (χ4n) is 3.01. The van der Waals surface area contributed by atoms with Crippen molar-refractivity contribution in [2.75, 3.05) is 26.3 Å². The van der Waals surface area contributed by atoms with Gasteiger partial charge in [-0.05, 0) is 41.3 Å². The van der Waals surface area contributed by atoms with Crippen LogP contribution in [0.5, 0.6) is 0 Å². The van der Waals surface area contributed by atoms with Crippen LogP contribution < -0.4 is 5.73 Å². The molecular formula is C19H22N2O2. The lowest BCUT2D eigenvalue weighted by Gasteiger charge is -2.27. The van der Waals surface area contributed by atoms with Crippen LogP contribution in [-0.4, -0.2) is 37.1 Å². The summed E-state index contributed by atoms with van der Waals surface area (Å²) in [5.41, 5.74) is 10.5. The summed E-state index contributed by atoms with van der Waals surface area (Å²) in [5.74, 6) is -0.390. The van der Waals surface area contributed by atoms with Gasteiger partial charge < -0.3 is 10.5 Å². The number of hydrogen-bond donors (Lipinski definition) is 1. The number of primary amides is 1. The van der Waals surface area contributed by atoms with Crippen LogP contribution in [0.1, 0.15) is 21.5 Å². The van der Waals surface area contributed by atoms with Crippen molar-refractivity contribution in [1.82, 2.24) is 4.90 Å². The predicted molar refractivity (Wildman–Crippen MR) is 91.2 cm³/mol. The van der Waals surface area contributed by atoms with Crippen molar-refractivity contribution >= 4 is 5.91 Å². The molecule has 1 saturated heterocycles. The second-order valence-corrected chi connectivity index (χ2v) is 5.95. The summed E-state index contributed by atoms with van der Waals surface area (Å²) in [6, 6.07) is 14.0. The molecule has 4 nitrogen and oxygen atoms in total. The maximum atomic E-state index is 11.7. The molecule has 0 aliphatic carbocycles. The number of hydrogen-bond acceptors (Lipinski definition) is 3. The Morgan fingerprint density at radius 1 is 1.13 bits per heavy atom. The van der Waals surface area contributed by atoms with Crippen LogP contribution in [0.3, 0.4) is 0 Å². The minimum atomic E-state index is -0.390. The second kappa shape index (κ2) is 6.94. The smallest absolute Gasteiger partial charge is 0.249 e. The van der Waals surface area contributed by atoms with E-state index in [1.54, 1.807) is 6.07 Å². The second-order valence-electron chi connectivity index (χ2n) is 5.95. The average Bonchev–Trinajstić information content (AvgIpc) is 2.57. The third kappa shape index (κ3) is 3.60. The van der Waals surface area contributed by atoms with Crippen molar-refractivity contribution in [3.05, 3.63) is 59.2 Å². The van der Waals surface area contributed by atoms with Gasteiger partial charge >= 0.3 is 0 Å². The number of nitrogens with two attached hydrogens (primary N) is 1. The van der Waals surface area contributed by atoms with E-state index in [0.29, 0.717) is 5.56 Å². The van der Waals surface area contributed by atoms with Crippen LogP contribution in [0.4, 0.5) is 0 Å². The van der Waals surface area contributed by atoms with E-state index < -0.39 is 5.91 Å². The summed E-state index contributed by atoms with van der Waals surface area (Å²) >= 11 is 0. The van der Waals surface area contributed by atoms with Crippen LogP contribution in [-0.2, 0) is 11.3 Å². The third-order valence-electron chi connectivity index (χ3n) is 4.29. The van der Waals surface area contributed by atoms with Gasteiger partial charge in [-0.2, -0.15) is 0 Å². The Balaban J connectivity index is 1.93. The van der Waals surface area contributed by atoms with Gasteiger partial charge in [0.2, 0.25) is 5.91 Å². The standard InChI is InChI=1S/C19H22N2O2/c1-14-6-7-15(13-21-8-10-23-11-9-21)12-18(14)16-4-2-3-5-17(16)19(20)22/h2-7,12H,8-11,13H2,1H3,(H2,20,22). The predicted octanol–water partition coefficient (Wildman–Crippen LogP) is 2.59. The van der Waals surface area contributed by atoms with E-state index in [-0.39, 0.29) is 0 Å². The van der Waals surface area contributed by atoms with E-state index in [4.69, 9.17) is 10.5 Å². The van der Waals surface area contributed by atoms with Gasteiger partial charge in [0, 0.05) is 25.2 Å². The molecule has 1 heterocycles. The maximum absolute atomic E-state index is 11.7. The fourth-order valence-corrected chi connectivity index (χ4v) is 3.01. The zero-order chi connectivity index (χ0) is 16.2. The number of morpholine rings is 1. The first-order chi connectivity index (χ1) is 11.1. The van der Waals surface area contributed by atoms with Crippen LogP contribution in [0, 0.1) is 6.92 Å². The Kier molecular flexibility index (Phi) is 4.74. The van der Waals surface area contributed by atoms with Gasteiger partial charge in [0.15, 0.2) is 0 Å². The van der Waals surface area contributed by atoms with Gasteiger partial charge in [0.25, 0.3) is 0 Å². The van der Waals surface area contributed by atoms with Crippen LogP contribution >= 0.6 is 0 Å². The molecule has 23 heavy (non-hydrogen) atoms. The highest BCUT2D eigenvalue weighted by molar-refractivity contribution is 6.00. The van der Waals surface area contributed by atoms with Crippen molar-refractivity contribution < 1.29 is 9.53 Å². The largest absolute Gasteiger partial charge is 0.379 e. The van der Waals surface area contributed by atoms with Crippen molar-refractivity contribution in [3.63, 3.8) is 0 Å². The Morgan fingerprint density at radius 2 is 1.87 bits per heavy atom. The van der Waals surface area contributed by atoms with Gasteiger partial charge in [-0.3, -0.25) is 9.69 Å². The van der Waals surface area contributed by atoms with Crippen molar-refractivity contribution in [2.24, 2.45) is 5.73 Å². The van der Waals surface area contributed by atoms with Gasteiger partial charge in [0.1, 0.15) is 0 Å². The lowest BCUT2D eigenvalue weighted by Crippen LogP contribution is -2.35. The van der Waals surface area contributed by atoms with Crippen LogP contribution in [0.25, 0.3) is 11.1 Å². The average molecular weight is 310 g/mol. The number of ether oxygens (including phenoxy) is 1. The Bertz CT molecular complexity index is 706. The first-order valence-electron chi connectivity index (χ1n) is 7.94. The normalized spacial score (nSPS) is 15.5. The molecule has 1 amide bonds. The molecule has 1 aliphatic heterocycles. The van der Waals surface area contributed by atoms with E-state index in [9.17, 15) is 4.79 Å². The lowest BCUT2D eigenvalue weighted by molar-refractivity contribution is 0.0342. The quantitative estimate of drug-likeness (QED) is 0.944. The molecule has 3 rings (SSSR count). The van der Waals surface area contributed by atoms with E-state index >= 15 is 0 Å². The summed E-state index contributed by atoms with van der Waals surface area (Å²) in [5, 5.41) is 0. The van der Waals surface area contributed by atoms with E-state index in [0.717, 1.165) is 49.5 Å². The Hall–Kier alpha value is -2.17. The van der Waals surface area contributed by atoms with Gasteiger partial charge in [-0.1, -0.05) is 30.3 Å². The zero-order valence-corrected chi connectivity index (χ0v) is 13.4. The maximum Gasteiger partial charge on any atom is 0.249 e. The number of benzene rings is 2. The number of nitrogens with zero attached hydrogens (tertiary/aromatic N) is 1. The molecule has 0 bridgehead atoms. The first-order valence-corrected chi connectivity index (χ1v) is 7.94. The molecule has 4 heteroatoms. The number of aryl methyl sites for hydroxylation is 1. The Labute approximate surface area is 136 Å². The minimum Gasteiger partial charge on any atom is -0.379 e. The minimum absolute atomic E-state index is 0.390. The molecule has 120 valence electrons. The molecule has 0 radical (unpaired) electrons. The van der Waals surface area contributed by atoms with Crippen molar-refractivity contribution in [2.45, 2.75) is 13.5 Å². The van der Waals surface area contributed by atoms with Crippen molar-refractivity contribution in [1.29, 1.82) is 0 Å². The van der Waals surface area contributed by atoms with Crippen LogP contribution in [0.2, 0.25) is 0 Å². The van der Waals surface area contributed by atoms with Crippen LogP contribution in [0.15, 0.2) is 42.5 Å². The van der Waals surface area contributed by atoms with Gasteiger partial charge in [-0.15, -0.1) is 0 Å². The molecule has 0 spiro atoms. The first kappa shape index (κ1) is 15.7. The Morgan fingerprint density at radius 3 is 2.61 bits per heavy atom. The fraction of sp³-hybridized carbons (Fsp3) is 0.316. The number of amides is 1. The highest BCUT2D eigenvalue weighted by Gasteiger charge is 2.14. The number of carbonyl (C=O) groups is 1. The molecule has 2 aromatic carbocycles. The highest BCUT2D eigenvalue weighted by Crippen LogP contribution is 2.28. The summed E-state index contributed by atoms with van der Waals surface area (Å²) in [6.45, 7) is 6.47. The third-order valence-corrected chi connectivity index (χ3v) is 4.29. The molecule has 0 saturated carbocycles.